The van der Waals surface area contributed by atoms with Gasteiger partial charge in [-0.1, -0.05) is 188 Å². The molecule has 258 valence electrons. The number of benzene rings is 9. The molecule has 0 amide bonds. The van der Waals surface area contributed by atoms with Crippen LogP contribution in [0.25, 0.3) is 110 Å². The summed E-state index contributed by atoms with van der Waals surface area (Å²) in [6, 6.07) is 69.5. The van der Waals surface area contributed by atoms with E-state index >= 15 is 0 Å². The highest BCUT2D eigenvalue weighted by atomic mass is 15.0. The smallest absolute Gasteiger partial charge is 0.0568 e. The summed E-state index contributed by atoms with van der Waals surface area (Å²) in [5.41, 5.74) is 20.3. The van der Waals surface area contributed by atoms with Gasteiger partial charge >= 0.3 is 0 Å². The summed E-state index contributed by atoms with van der Waals surface area (Å²) in [5, 5.41) is 6.44. The molecule has 1 aliphatic carbocycles. The molecule has 0 aliphatic heterocycles. The van der Waals surface area contributed by atoms with Crippen LogP contribution < -0.4 is 0 Å². The van der Waals surface area contributed by atoms with Gasteiger partial charge in [-0.2, -0.15) is 0 Å². The second-order valence-corrected chi connectivity index (χ2v) is 14.9. The minimum absolute atomic E-state index is 1.22. The van der Waals surface area contributed by atoms with Crippen LogP contribution in [0, 0.1) is 6.92 Å². The van der Waals surface area contributed by atoms with Gasteiger partial charge in [0, 0.05) is 23.5 Å². The molecule has 0 bridgehead atoms. The van der Waals surface area contributed by atoms with Gasteiger partial charge in [-0.05, 0) is 101 Å². The van der Waals surface area contributed by atoms with Crippen LogP contribution in [0.4, 0.5) is 0 Å². The normalized spacial score (nSPS) is 11.8. The maximum Gasteiger partial charge on any atom is 0.0568 e. The average Bonchev–Trinajstić information content (AvgIpc) is 3.73. The molecule has 1 aliphatic rings. The minimum Gasteiger partial charge on any atom is -0.343 e. The number of fused-ring (bicyclic) bond motifs is 5. The van der Waals surface area contributed by atoms with E-state index in [4.69, 9.17) is 0 Å². The third-order valence-corrected chi connectivity index (χ3v) is 11.8. The van der Waals surface area contributed by atoms with Crippen molar-refractivity contribution in [1.29, 1.82) is 0 Å². The second-order valence-electron chi connectivity index (χ2n) is 14.9. The summed E-state index contributed by atoms with van der Waals surface area (Å²) in [4.78, 5) is 0. The number of hydrogen-bond donors (Lipinski definition) is 0. The zero-order chi connectivity index (χ0) is 36.6. The van der Waals surface area contributed by atoms with Crippen molar-refractivity contribution in [2.45, 2.75) is 6.92 Å². The van der Waals surface area contributed by atoms with E-state index in [1.165, 1.54) is 116 Å². The van der Waals surface area contributed by atoms with Gasteiger partial charge in [0.15, 0.2) is 0 Å². The lowest BCUT2D eigenvalue weighted by atomic mass is 9.82. The van der Waals surface area contributed by atoms with Gasteiger partial charge in [-0.15, -0.1) is 0 Å². The lowest BCUT2D eigenvalue weighted by molar-refractivity contribution is 0.979. The first-order valence-corrected chi connectivity index (χ1v) is 19.2. The first-order chi connectivity index (χ1) is 27.2. The number of rotatable bonds is 5. The molecular weight excluding hydrogens is 663 g/mol. The average molecular weight is 700 g/mol. The highest BCUT2D eigenvalue weighted by Gasteiger charge is 2.31. The van der Waals surface area contributed by atoms with Crippen LogP contribution in [-0.4, -0.2) is 4.57 Å². The molecule has 1 aromatic heterocycles. The molecule has 0 saturated heterocycles. The molecule has 0 spiro atoms. The summed E-state index contributed by atoms with van der Waals surface area (Å²) < 4.78 is 2.39. The predicted molar refractivity (Wildman–Crippen MR) is 234 cm³/mol. The molecule has 1 nitrogen and oxygen atoms in total. The van der Waals surface area contributed by atoms with E-state index < -0.39 is 0 Å². The number of hydrogen-bond acceptors (Lipinski definition) is 0. The van der Waals surface area contributed by atoms with Gasteiger partial charge in [-0.25, -0.2) is 0 Å². The maximum atomic E-state index is 2.41. The molecule has 0 unspecified atom stereocenters. The highest BCUT2D eigenvalue weighted by molar-refractivity contribution is 6.29. The van der Waals surface area contributed by atoms with Crippen molar-refractivity contribution in [3.8, 4) is 78.0 Å². The standard InChI is InChI=1S/C54H37N/c1-34-25-27-37(28-26-34)50-44-30-29-39(33-47(44)55(2)54(50)38-19-10-5-11-20-38)40-31-32-46-51-41(40)23-14-24-45(51)52-48(35-15-6-3-7-16-35)42-21-12-13-22-43(42)49(53(46)52)36-17-8-4-9-18-36/h3-33H,1-2H3. The third kappa shape index (κ3) is 4.73. The Morgan fingerprint density at radius 3 is 1.44 bits per heavy atom. The fourth-order valence-corrected chi connectivity index (χ4v) is 9.41. The molecule has 0 fully saturated rings. The molecule has 1 heterocycles. The lowest BCUT2D eigenvalue weighted by Gasteiger charge is -2.20. The molecule has 11 rings (SSSR count). The van der Waals surface area contributed by atoms with Gasteiger partial charge in [-0.3, -0.25) is 0 Å². The van der Waals surface area contributed by atoms with Gasteiger partial charge in [0.1, 0.15) is 0 Å². The van der Waals surface area contributed by atoms with Gasteiger partial charge < -0.3 is 4.57 Å². The Balaban J connectivity index is 1.19. The molecule has 10 aromatic rings. The summed E-state index contributed by atoms with van der Waals surface area (Å²) in [6.45, 7) is 2.15. The van der Waals surface area contributed by atoms with Crippen molar-refractivity contribution < 1.29 is 0 Å². The Morgan fingerprint density at radius 2 is 0.818 bits per heavy atom. The fourth-order valence-electron chi connectivity index (χ4n) is 9.41. The molecule has 0 atom stereocenters. The Hall–Kier alpha value is -6.96. The van der Waals surface area contributed by atoms with Crippen molar-refractivity contribution in [2.75, 3.05) is 0 Å². The fraction of sp³-hybridized carbons (Fsp3) is 0.0370. The molecule has 9 aromatic carbocycles. The first-order valence-electron chi connectivity index (χ1n) is 19.2. The molecule has 0 radical (unpaired) electrons. The Labute approximate surface area is 321 Å². The molecule has 1 heteroatoms. The summed E-state index contributed by atoms with van der Waals surface area (Å²) >= 11 is 0. The minimum atomic E-state index is 1.22. The third-order valence-electron chi connectivity index (χ3n) is 11.8. The topological polar surface area (TPSA) is 4.93 Å². The Bertz CT molecular complexity index is 3020. The zero-order valence-corrected chi connectivity index (χ0v) is 30.8. The summed E-state index contributed by atoms with van der Waals surface area (Å²) in [7, 11) is 2.22. The van der Waals surface area contributed by atoms with E-state index in [0.29, 0.717) is 0 Å². The van der Waals surface area contributed by atoms with Crippen LogP contribution in [0.3, 0.4) is 0 Å². The predicted octanol–water partition coefficient (Wildman–Crippen LogP) is 14.8. The van der Waals surface area contributed by atoms with E-state index in [1.54, 1.807) is 0 Å². The summed E-state index contributed by atoms with van der Waals surface area (Å²) in [5.74, 6) is 0. The maximum absolute atomic E-state index is 2.41. The van der Waals surface area contributed by atoms with Crippen LogP contribution in [0.5, 0.6) is 0 Å². The van der Waals surface area contributed by atoms with Crippen LogP contribution in [0.2, 0.25) is 0 Å². The van der Waals surface area contributed by atoms with Crippen molar-refractivity contribution in [2.24, 2.45) is 7.05 Å². The highest BCUT2D eigenvalue weighted by Crippen LogP contribution is 2.58. The van der Waals surface area contributed by atoms with Crippen LogP contribution in [-0.2, 0) is 7.05 Å². The van der Waals surface area contributed by atoms with Crippen molar-refractivity contribution in [3.05, 3.63) is 194 Å². The van der Waals surface area contributed by atoms with E-state index in [1.807, 2.05) is 0 Å². The van der Waals surface area contributed by atoms with E-state index in [0.717, 1.165) is 0 Å². The second kappa shape index (κ2) is 12.3. The Kier molecular flexibility index (Phi) is 7.06. The Morgan fingerprint density at radius 1 is 0.327 bits per heavy atom. The largest absolute Gasteiger partial charge is 0.343 e. The van der Waals surface area contributed by atoms with Crippen molar-refractivity contribution in [3.63, 3.8) is 0 Å². The van der Waals surface area contributed by atoms with Gasteiger partial charge in [0.25, 0.3) is 0 Å². The van der Waals surface area contributed by atoms with Crippen molar-refractivity contribution in [1.82, 2.24) is 4.57 Å². The van der Waals surface area contributed by atoms with E-state index in [-0.39, 0.29) is 0 Å². The van der Waals surface area contributed by atoms with Crippen molar-refractivity contribution >= 4 is 32.4 Å². The van der Waals surface area contributed by atoms with E-state index in [9.17, 15) is 0 Å². The first kappa shape index (κ1) is 31.6. The molecule has 55 heavy (non-hydrogen) atoms. The lowest BCUT2D eigenvalue weighted by Crippen LogP contribution is -1.93. The van der Waals surface area contributed by atoms with Gasteiger partial charge in [0.05, 0.1) is 5.69 Å². The number of aryl methyl sites for hydroxylation is 2. The SMILES string of the molecule is Cc1ccc(-c2c(-c3ccccc3)n(C)c3cc(-c4ccc5c6c(cccc46)-c4c-5c(-c5ccccc5)c5ccccc5c4-c4ccccc4)ccc23)cc1. The molecule has 0 N–H and O–H groups in total. The quantitative estimate of drug-likeness (QED) is 0.169. The van der Waals surface area contributed by atoms with Gasteiger partial charge in [0.2, 0.25) is 0 Å². The molecule has 0 saturated carbocycles. The molecular formula is C54H37N. The van der Waals surface area contributed by atoms with E-state index in [2.05, 4.69) is 207 Å². The van der Waals surface area contributed by atoms with Crippen LogP contribution in [0.1, 0.15) is 5.56 Å². The van der Waals surface area contributed by atoms with Crippen LogP contribution >= 0.6 is 0 Å². The van der Waals surface area contributed by atoms with Crippen LogP contribution in [0.15, 0.2) is 188 Å². The monoisotopic (exact) mass is 699 g/mol. The summed E-state index contributed by atoms with van der Waals surface area (Å²) in [6.07, 6.45) is 0. The number of nitrogens with zero attached hydrogens (tertiary/aromatic N) is 1. The number of aromatic nitrogens is 1. The zero-order valence-electron chi connectivity index (χ0n) is 30.8.